The largest absolute Gasteiger partial charge is 0.394 e. The number of aliphatic hydroxyl groups excluding tert-OH is 2. The Kier molecular flexibility index (Phi) is 25.5. The van der Waals surface area contributed by atoms with Crippen LogP contribution in [0.2, 0.25) is 0 Å². The molecule has 0 saturated carbocycles. The number of rotatable bonds is 26. The molecule has 2 atom stereocenters. The minimum absolute atomic E-state index is 0.0562. The summed E-state index contributed by atoms with van der Waals surface area (Å²) in [5.74, 6) is -0.0562. The zero-order valence-electron chi connectivity index (χ0n) is 22.4. The Balaban J connectivity index is 3.41. The van der Waals surface area contributed by atoms with Gasteiger partial charge in [-0.05, 0) is 12.8 Å². The summed E-state index contributed by atoms with van der Waals surface area (Å²) >= 11 is 0. The Labute approximate surface area is 206 Å². The lowest BCUT2D eigenvalue weighted by Crippen LogP contribution is -2.45. The molecule has 198 valence electrons. The van der Waals surface area contributed by atoms with Crippen molar-refractivity contribution in [3.8, 4) is 0 Å². The first-order chi connectivity index (χ1) is 16.2. The number of unbranched alkanes of at least 4 members (excludes halogenated alkanes) is 19. The Bertz CT molecular complexity index is 402. The van der Waals surface area contributed by atoms with Crippen molar-refractivity contribution < 1.29 is 15.0 Å². The molecule has 3 N–H and O–H groups in total. The molecule has 0 aliphatic heterocycles. The molecular formula is C29H59NO3. The Morgan fingerprint density at radius 3 is 1.36 bits per heavy atom. The van der Waals surface area contributed by atoms with Crippen LogP contribution in [0.15, 0.2) is 0 Å². The minimum atomic E-state index is -0.647. The maximum Gasteiger partial charge on any atom is 0.220 e. The number of hydrogen-bond acceptors (Lipinski definition) is 3. The molecule has 0 saturated heterocycles. The fraction of sp³-hybridized carbons (Fsp3) is 0.966. The third kappa shape index (κ3) is 22.9. The summed E-state index contributed by atoms with van der Waals surface area (Å²) in [6.45, 7) is 4.20. The van der Waals surface area contributed by atoms with E-state index in [2.05, 4.69) is 19.2 Å². The quantitative estimate of drug-likeness (QED) is 0.113. The van der Waals surface area contributed by atoms with E-state index in [9.17, 15) is 15.0 Å². The predicted molar refractivity (Wildman–Crippen MR) is 143 cm³/mol. The van der Waals surface area contributed by atoms with Gasteiger partial charge < -0.3 is 15.5 Å². The molecule has 0 heterocycles. The van der Waals surface area contributed by atoms with Gasteiger partial charge in [-0.2, -0.15) is 0 Å². The van der Waals surface area contributed by atoms with Crippen molar-refractivity contribution in [3.05, 3.63) is 0 Å². The van der Waals surface area contributed by atoms with Crippen molar-refractivity contribution in [3.63, 3.8) is 0 Å². The van der Waals surface area contributed by atoms with E-state index in [1.54, 1.807) is 0 Å². The normalized spacial score (nSPS) is 13.2. The van der Waals surface area contributed by atoms with Gasteiger partial charge in [-0.25, -0.2) is 0 Å². The summed E-state index contributed by atoms with van der Waals surface area (Å²) in [7, 11) is 0. The van der Waals surface area contributed by atoms with Crippen LogP contribution in [0, 0.1) is 0 Å². The molecule has 0 spiro atoms. The van der Waals surface area contributed by atoms with Crippen molar-refractivity contribution in [2.75, 3.05) is 6.61 Å². The molecule has 33 heavy (non-hydrogen) atoms. The lowest BCUT2D eigenvalue weighted by molar-refractivity contribution is -0.123. The molecular weight excluding hydrogens is 410 g/mol. The zero-order chi connectivity index (χ0) is 24.4. The third-order valence-corrected chi connectivity index (χ3v) is 6.87. The Hall–Kier alpha value is -0.610. The van der Waals surface area contributed by atoms with Crippen LogP contribution < -0.4 is 5.32 Å². The topological polar surface area (TPSA) is 69.6 Å². The first kappa shape index (κ1) is 32.4. The zero-order valence-corrected chi connectivity index (χ0v) is 22.4. The summed E-state index contributed by atoms with van der Waals surface area (Å²) in [4.78, 5) is 11.9. The van der Waals surface area contributed by atoms with Gasteiger partial charge in [-0.1, -0.05) is 142 Å². The third-order valence-electron chi connectivity index (χ3n) is 6.87. The van der Waals surface area contributed by atoms with E-state index in [1.165, 1.54) is 103 Å². The van der Waals surface area contributed by atoms with Gasteiger partial charge in [0.25, 0.3) is 0 Å². The van der Waals surface area contributed by atoms with Crippen LogP contribution in [0.5, 0.6) is 0 Å². The van der Waals surface area contributed by atoms with Gasteiger partial charge in [-0.3, -0.25) is 4.79 Å². The molecule has 0 rings (SSSR count). The molecule has 0 fully saturated rings. The standard InChI is InChI=1S/C29H59NO3/c1-3-5-7-8-9-10-11-12-13-14-15-16-17-18-19-20-21-23-24-28(32)27(26-31)30-29(33)25-22-6-4-2/h27-28,31-32H,3-26H2,1-2H3,(H,30,33). The highest BCUT2D eigenvalue weighted by atomic mass is 16.3. The van der Waals surface area contributed by atoms with Gasteiger partial charge in [0.1, 0.15) is 0 Å². The first-order valence-electron chi connectivity index (χ1n) is 14.7. The van der Waals surface area contributed by atoms with E-state index in [-0.39, 0.29) is 12.5 Å². The maximum absolute atomic E-state index is 11.9. The smallest absolute Gasteiger partial charge is 0.220 e. The predicted octanol–water partition coefficient (Wildman–Crippen LogP) is 7.84. The number of carbonyl (C=O) groups is 1. The van der Waals surface area contributed by atoms with Gasteiger partial charge in [0.05, 0.1) is 18.8 Å². The first-order valence-corrected chi connectivity index (χ1v) is 14.7. The average molecular weight is 470 g/mol. The fourth-order valence-electron chi connectivity index (χ4n) is 4.53. The van der Waals surface area contributed by atoms with Crippen LogP contribution in [-0.2, 0) is 4.79 Å². The lowest BCUT2D eigenvalue weighted by Gasteiger charge is -2.22. The van der Waals surface area contributed by atoms with E-state index in [0.717, 1.165) is 32.1 Å². The highest BCUT2D eigenvalue weighted by Crippen LogP contribution is 2.15. The number of hydrogen-bond donors (Lipinski definition) is 3. The van der Waals surface area contributed by atoms with E-state index < -0.39 is 12.1 Å². The van der Waals surface area contributed by atoms with Crippen molar-refractivity contribution in [1.82, 2.24) is 5.32 Å². The van der Waals surface area contributed by atoms with Crippen molar-refractivity contribution >= 4 is 5.91 Å². The summed E-state index contributed by atoms with van der Waals surface area (Å²) < 4.78 is 0. The number of amides is 1. The molecule has 0 aromatic carbocycles. The molecule has 0 radical (unpaired) electrons. The lowest BCUT2D eigenvalue weighted by atomic mass is 10.0. The molecule has 1 amide bonds. The summed E-state index contributed by atoms with van der Waals surface area (Å²) in [5, 5.41) is 22.6. The molecule has 0 bridgehead atoms. The Morgan fingerprint density at radius 1 is 0.606 bits per heavy atom. The molecule has 0 aromatic rings. The second-order valence-corrected chi connectivity index (χ2v) is 10.2. The SMILES string of the molecule is CCCCCCCCCCCCCCCCCCCCC(O)C(CO)NC(=O)CCCCC. The number of carbonyl (C=O) groups excluding carboxylic acids is 1. The van der Waals surface area contributed by atoms with Crippen molar-refractivity contribution in [1.29, 1.82) is 0 Å². The highest BCUT2D eigenvalue weighted by Gasteiger charge is 2.19. The molecule has 4 heteroatoms. The maximum atomic E-state index is 11.9. The summed E-state index contributed by atoms with van der Waals surface area (Å²) in [6, 6.07) is -0.523. The van der Waals surface area contributed by atoms with E-state index in [0.29, 0.717) is 12.8 Å². The second-order valence-electron chi connectivity index (χ2n) is 10.2. The van der Waals surface area contributed by atoms with Crippen LogP contribution >= 0.6 is 0 Å². The van der Waals surface area contributed by atoms with Crippen LogP contribution in [0.25, 0.3) is 0 Å². The van der Waals surface area contributed by atoms with Crippen LogP contribution in [0.4, 0.5) is 0 Å². The minimum Gasteiger partial charge on any atom is -0.394 e. The van der Waals surface area contributed by atoms with E-state index in [4.69, 9.17) is 0 Å². The molecule has 2 unspecified atom stereocenters. The molecule has 0 aliphatic rings. The van der Waals surface area contributed by atoms with E-state index >= 15 is 0 Å². The number of nitrogens with one attached hydrogen (secondary N) is 1. The molecule has 0 aliphatic carbocycles. The molecule has 4 nitrogen and oxygen atoms in total. The Morgan fingerprint density at radius 2 is 0.970 bits per heavy atom. The van der Waals surface area contributed by atoms with Gasteiger partial charge >= 0.3 is 0 Å². The van der Waals surface area contributed by atoms with Crippen LogP contribution in [0.1, 0.15) is 162 Å². The van der Waals surface area contributed by atoms with Gasteiger partial charge in [-0.15, -0.1) is 0 Å². The average Bonchev–Trinajstić information content (AvgIpc) is 2.81. The monoisotopic (exact) mass is 469 g/mol. The van der Waals surface area contributed by atoms with Crippen LogP contribution in [0.3, 0.4) is 0 Å². The van der Waals surface area contributed by atoms with Crippen LogP contribution in [-0.4, -0.2) is 34.9 Å². The second kappa shape index (κ2) is 26.0. The van der Waals surface area contributed by atoms with Gasteiger partial charge in [0.15, 0.2) is 0 Å². The van der Waals surface area contributed by atoms with Crippen molar-refractivity contribution in [2.45, 2.75) is 174 Å². The van der Waals surface area contributed by atoms with Gasteiger partial charge in [0.2, 0.25) is 5.91 Å². The van der Waals surface area contributed by atoms with Gasteiger partial charge in [0, 0.05) is 6.42 Å². The van der Waals surface area contributed by atoms with Crippen molar-refractivity contribution in [2.24, 2.45) is 0 Å². The highest BCUT2D eigenvalue weighted by molar-refractivity contribution is 5.76. The fourth-order valence-corrected chi connectivity index (χ4v) is 4.53. The number of aliphatic hydroxyl groups is 2. The van der Waals surface area contributed by atoms with E-state index in [1.807, 2.05) is 0 Å². The summed E-state index contributed by atoms with van der Waals surface area (Å²) in [5.41, 5.74) is 0. The summed E-state index contributed by atoms with van der Waals surface area (Å²) in [6.07, 6.45) is 27.7. The molecule has 0 aromatic heterocycles.